The van der Waals surface area contributed by atoms with Crippen LogP contribution in [0, 0.1) is 5.82 Å². The average molecular weight is 279 g/mol. The van der Waals surface area contributed by atoms with Gasteiger partial charge in [0.15, 0.2) is 18.2 Å². The Kier molecular flexibility index (Phi) is 4.52. The summed E-state index contributed by atoms with van der Waals surface area (Å²) in [6.45, 7) is 0.375. The number of rotatable bonds is 5. The second-order valence-electron chi connectivity index (χ2n) is 4.05. The van der Waals surface area contributed by atoms with Gasteiger partial charge in [-0.2, -0.15) is 0 Å². The predicted molar refractivity (Wildman–Crippen MR) is 72.7 cm³/mol. The summed E-state index contributed by atoms with van der Waals surface area (Å²) in [5.74, 6) is -0.548. The van der Waals surface area contributed by atoms with Gasteiger partial charge in [-0.1, -0.05) is 18.2 Å². The first-order valence-corrected chi connectivity index (χ1v) is 6.68. The molecule has 0 aliphatic carbocycles. The van der Waals surface area contributed by atoms with Gasteiger partial charge in [0.25, 0.3) is 5.91 Å². The molecule has 1 aromatic heterocycles. The van der Waals surface area contributed by atoms with Crippen LogP contribution in [0.5, 0.6) is 5.75 Å². The van der Waals surface area contributed by atoms with Gasteiger partial charge in [-0.25, -0.2) is 4.39 Å². The second kappa shape index (κ2) is 6.33. The summed E-state index contributed by atoms with van der Waals surface area (Å²) < 4.78 is 18.5. The molecular weight excluding hydrogens is 265 g/mol. The molecular formula is C14H14FNO2S. The van der Waals surface area contributed by atoms with Crippen LogP contribution in [0.1, 0.15) is 4.88 Å². The van der Waals surface area contributed by atoms with Gasteiger partial charge in [0, 0.05) is 11.9 Å². The quantitative estimate of drug-likeness (QED) is 0.842. The highest BCUT2D eigenvalue weighted by Gasteiger charge is 2.11. The van der Waals surface area contributed by atoms with Crippen LogP contribution < -0.4 is 4.74 Å². The summed E-state index contributed by atoms with van der Waals surface area (Å²) >= 11 is 1.59. The van der Waals surface area contributed by atoms with E-state index >= 15 is 0 Å². The fraction of sp³-hybridized carbons (Fsp3) is 0.214. The van der Waals surface area contributed by atoms with Crippen LogP contribution >= 0.6 is 11.3 Å². The van der Waals surface area contributed by atoms with Crippen molar-refractivity contribution in [1.82, 2.24) is 4.90 Å². The monoisotopic (exact) mass is 279 g/mol. The summed E-state index contributed by atoms with van der Waals surface area (Å²) in [5, 5.41) is 1.96. The van der Waals surface area contributed by atoms with Crippen LogP contribution in [-0.2, 0) is 11.3 Å². The topological polar surface area (TPSA) is 29.5 Å². The third kappa shape index (κ3) is 3.79. The Labute approximate surface area is 115 Å². The standard InChI is InChI=1S/C14H14FNO2S/c1-16(9-11-5-4-8-19-11)14(17)10-18-13-7-3-2-6-12(13)15/h2-8H,9-10H2,1H3. The molecule has 0 fully saturated rings. The number of hydrogen-bond acceptors (Lipinski definition) is 3. The lowest BCUT2D eigenvalue weighted by Crippen LogP contribution is -2.30. The van der Waals surface area contributed by atoms with Crippen molar-refractivity contribution in [2.24, 2.45) is 0 Å². The number of ether oxygens (including phenoxy) is 1. The third-order valence-corrected chi connectivity index (χ3v) is 3.45. The number of amides is 1. The van der Waals surface area contributed by atoms with Gasteiger partial charge in [0.1, 0.15) is 0 Å². The first-order chi connectivity index (χ1) is 9.16. The summed E-state index contributed by atoms with van der Waals surface area (Å²) in [6.07, 6.45) is 0. The highest BCUT2D eigenvalue weighted by Crippen LogP contribution is 2.15. The third-order valence-electron chi connectivity index (χ3n) is 2.59. The first-order valence-electron chi connectivity index (χ1n) is 5.80. The van der Waals surface area contributed by atoms with E-state index in [1.54, 1.807) is 35.4 Å². The van der Waals surface area contributed by atoms with Crippen molar-refractivity contribution < 1.29 is 13.9 Å². The van der Waals surface area contributed by atoms with Crippen LogP contribution in [0.2, 0.25) is 0 Å². The minimum Gasteiger partial charge on any atom is -0.481 e. The zero-order chi connectivity index (χ0) is 13.7. The minimum atomic E-state index is -0.462. The van der Waals surface area contributed by atoms with Crippen molar-refractivity contribution in [3.63, 3.8) is 0 Å². The molecule has 3 nitrogen and oxygen atoms in total. The largest absolute Gasteiger partial charge is 0.481 e. The van der Waals surface area contributed by atoms with E-state index in [0.717, 1.165) is 4.88 Å². The Morgan fingerprint density at radius 2 is 2.11 bits per heavy atom. The van der Waals surface area contributed by atoms with Crippen LogP contribution in [0.3, 0.4) is 0 Å². The Morgan fingerprint density at radius 1 is 1.32 bits per heavy atom. The molecule has 2 aromatic rings. The number of hydrogen-bond donors (Lipinski definition) is 0. The van der Waals surface area contributed by atoms with E-state index < -0.39 is 5.82 Å². The molecule has 0 saturated carbocycles. The van der Waals surface area contributed by atoms with E-state index in [9.17, 15) is 9.18 Å². The number of likely N-dealkylation sites (N-methyl/N-ethyl adjacent to an activating group) is 1. The molecule has 0 aliphatic heterocycles. The van der Waals surface area contributed by atoms with Crippen LogP contribution in [0.4, 0.5) is 4.39 Å². The Bertz CT molecular complexity index is 542. The van der Waals surface area contributed by atoms with Crippen LogP contribution in [-0.4, -0.2) is 24.5 Å². The highest BCUT2D eigenvalue weighted by molar-refractivity contribution is 7.09. The van der Waals surface area contributed by atoms with E-state index in [2.05, 4.69) is 0 Å². The molecule has 0 N–H and O–H groups in total. The molecule has 0 unspecified atom stereocenters. The normalized spacial score (nSPS) is 10.2. The van der Waals surface area contributed by atoms with E-state index in [4.69, 9.17) is 4.74 Å². The molecule has 0 saturated heterocycles. The summed E-state index contributed by atoms with van der Waals surface area (Å²) in [4.78, 5) is 14.5. The summed E-state index contributed by atoms with van der Waals surface area (Å²) in [6, 6.07) is 9.95. The van der Waals surface area contributed by atoms with E-state index in [-0.39, 0.29) is 18.3 Å². The Hall–Kier alpha value is -1.88. The van der Waals surface area contributed by atoms with E-state index in [0.29, 0.717) is 6.54 Å². The van der Waals surface area contributed by atoms with Crippen molar-refractivity contribution >= 4 is 17.2 Å². The van der Waals surface area contributed by atoms with Gasteiger partial charge < -0.3 is 9.64 Å². The molecule has 0 spiro atoms. The van der Waals surface area contributed by atoms with Gasteiger partial charge >= 0.3 is 0 Å². The van der Waals surface area contributed by atoms with E-state index in [1.807, 2.05) is 17.5 Å². The number of nitrogens with zero attached hydrogens (tertiary/aromatic N) is 1. The van der Waals surface area contributed by atoms with Crippen LogP contribution in [0.15, 0.2) is 41.8 Å². The fourth-order valence-electron chi connectivity index (χ4n) is 1.54. The lowest BCUT2D eigenvalue weighted by molar-refractivity contribution is -0.132. The van der Waals surface area contributed by atoms with Gasteiger partial charge in [-0.3, -0.25) is 4.79 Å². The van der Waals surface area contributed by atoms with Gasteiger partial charge in [0.2, 0.25) is 0 Å². The molecule has 0 radical (unpaired) electrons. The fourth-order valence-corrected chi connectivity index (χ4v) is 2.29. The zero-order valence-electron chi connectivity index (χ0n) is 10.5. The molecule has 100 valence electrons. The highest BCUT2D eigenvalue weighted by atomic mass is 32.1. The molecule has 1 heterocycles. The predicted octanol–water partition coefficient (Wildman–Crippen LogP) is 2.92. The van der Waals surface area contributed by atoms with Gasteiger partial charge in [0.05, 0.1) is 6.54 Å². The number of benzene rings is 1. The van der Waals surface area contributed by atoms with Crippen molar-refractivity contribution in [2.45, 2.75) is 6.54 Å². The van der Waals surface area contributed by atoms with Crippen molar-refractivity contribution in [3.05, 3.63) is 52.5 Å². The Balaban J connectivity index is 1.86. The van der Waals surface area contributed by atoms with Gasteiger partial charge in [-0.15, -0.1) is 11.3 Å². The van der Waals surface area contributed by atoms with Crippen molar-refractivity contribution in [3.8, 4) is 5.75 Å². The summed E-state index contributed by atoms with van der Waals surface area (Å²) in [7, 11) is 1.70. The zero-order valence-corrected chi connectivity index (χ0v) is 11.3. The molecule has 0 atom stereocenters. The average Bonchev–Trinajstić information content (AvgIpc) is 2.90. The Morgan fingerprint density at radius 3 is 2.79 bits per heavy atom. The molecule has 2 rings (SSSR count). The minimum absolute atomic E-state index is 0.0976. The van der Waals surface area contributed by atoms with Gasteiger partial charge in [-0.05, 0) is 23.6 Å². The molecule has 0 bridgehead atoms. The van der Waals surface area contributed by atoms with Crippen LogP contribution in [0.25, 0.3) is 0 Å². The maximum atomic E-state index is 13.3. The lowest BCUT2D eigenvalue weighted by Gasteiger charge is -2.16. The molecule has 1 amide bonds. The molecule has 1 aromatic carbocycles. The molecule has 19 heavy (non-hydrogen) atoms. The maximum absolute atomic E-state index is 13.3. The summed E-state index contributed by atoms with van der Waals surface area (Å²) in [5.41, 5.74) is 0. The molecule has 5 heteroatoms. The first kappa shape index (κ1) is 13.5. The van der Waals surface area contributed by atoms with Crippen molar-refractivity contribution in [1.29, 1.82) is 0 Å². The number of halogens is 1. The number of thiophene rings is 1. The van der Waals surface area contributed by atoms with Crippen molar-refractivity contribution in [2.75, 3.05) is 13.7 Å². The van der Waals surface area contributed by atoms with E-state index in [1.165, 1.54) is 12.1 Å². The molecule has 0 aliphatic rings. The number of para-hydroxylation sites is 1. The maximum Gasteiger partial charge on any atom is 0.260 e. The number of carbonyl (C=O) groups excluding carboxylic acids is 1. The number of carbonyl (C=O) groups is 1. The second-order valence-corrected chi connectivity index (χ2v) is 5.08. The lowest BCUT2D eigenvalue weighted by atomic mass is 10.3. The smallest absolute Gasteiger partial charge is 0.260 e. The SMILES string of the molecule is CN(Cc1cccs1)C(=O)COc1ccccc1F.